The van der Waals surface area contributed by atoms with Crippen LogP contribution < -0.4 is 10.6 Å². The van der Waals surface area contributed by atoms with E-state index < -0.39 is 55.6 Å². The smallest absolute Gasteiger partial charge is 0.394 e. The molecule has 0 aliphatic carbocycles. The zero-order valence-electron chi connectivity index (χ0n) is 13.8. The van der Waals surface area contributed by atoms with Crippen molar-refractivity contribution >= 4 is 23.6 Å². The average Bonchev–Trinajstić information content (AvgIpc) is 2.98. The predicted octanol–water partition coefficient (Wildman–Crippen LogP) is 1.84. The third-order valence-corrected chi connectivity index (χ3v) is 4.09. The number of rotatable bonds is 4. The van der Waals surface area contributed by atoms with Crippen LogP contribution in [0.5, 0.6) is 0 Å². The topological polar surface area (TPSA) is 98.7 Å². The van der Waals surface area contributed by atoms with Gasteiger partial charge in [-0.25, -0.2) is 4.79 Å². The Labute approximate surface area is 147 Å². The van der Waals surface area contributed by atoms with Gasteiger partial charge in [0.15, 0.2) is 0 Å². The number of hydrogen-bond donors (Lipinski definition) is 3. The van der Waals surface area contributed by atoms with E-state index in [9.17, 15) is 27.6 Å². The molecule has 2 rings (SSSR count). The predicted molar refractivity (Wildman–Crippen MR) is 85.5 cm³/mol. The molecule has 1 fully saturated rings. The van der Waals surface area contributed by atoms with E-state index >= 15 is 0 Å². The first-order valence-corrected chi connectivity index (χ1v) is 7.76. The molecule has 3 amide bonds. The van der Waals surface area contributed by atoms with Crippen LogP contribution in [-0.4, -0.2) is 53.7 Å². The minimum Gasteiger partial charge on any atom is -0.481 e. The number of urea groups is 1. The first kappa shape index (κ1) is 19.5. The van der Waals surface area contributed by atoms with E-state index in [2.05, 4.69) is 10.6 Å². The molecule has 0 saturated carbocycles. The molecule has 26 heavy (non-hydrogen) atoms. The normalized spacial score (nSPS) is 19.9. The molecule has 1 aromatic carbocycles. The Bertz CT molecular complexity index is 708. The Kier molecular flexibility index (Phi) is 5.73. The van der Waals surface area contributed by atoms with Crippen LogP contribution in [0.3, 0.4) is 0 Å². The van der Waals surface area contributed by atoms with Crippen LogP contribution in [0.2, 0.25) is 0 Å². The molecule has 10 heteroatoms. The van der Waals surface area contributed by atoms with Gasteiger partial charge in [0.25, 0.3) is 0 Å². The summed E-state index contributed by atoms with van der Waals surface area (Å²) in [4.78, 5) is 35.6. The van der Waals surface area contributed by atoms with Gasteiger partial charge in [-0.3, -0.25) is 9.59 Å². The van der Waals surface area contributed by atoms with E-state index in [0.717, 1.165) is 10.5 Å². The van der Waals surface area contributed by atoms with Crippen LogP contribution >= 0.6 is 0 Å². The van der Waals surface area contributed by atoms with Gasteiger partial charge in [0.05, 0.1) is 18.4 Å². The lowest BCUT2D eigenvalue weighted by molar-refractivity contribution is -0.188. The molecule has 1 aliphatic heterocycles. The quantitative estimate of drug-likeness (QED) is 0.750. The highest BCUT2D eigenvalue weighted by Crippen LogP contribution is 2.37. The van der Waals surface area contributed by atoms with Crippen LogP contribution in [0.15, 0.2) is 24.3 Å². The molecule has 1 saturated heterocycles. The van der Waals surface area contributed by atoms with Gasteiger partial charge in [-0.05, 0) is 24.6 Å². The van der Waals surface area contributed by atoms with Gasteiger partial charge in [-0.1, -0.05) is 12.1 Å². The number of carboxylic acids is 1. The number of nitrogens with zero attached hydrogens (tertiary/aromatic N) is 1. The fourth-order valence-corrected chi connectivity index (χ4v) is 2.76. The number of carbonyl (C=O) groups excluding carboxylic acids is 2. The maximum atomic E-state index is 12.9. The molecule has 0 bridgehead atoms. The molecule has 2 atom stereocenters. The maximum absolute atomic E-state index is 12.9. The van der Waals surface area contributed by atoms with E-state index in [-0.39, 0.29) is 0 Å². The number of amides is 3. The first-order valence-electron chi connectivity index (χ1n) is 7.76. The van der Waals surface area contributed by atoms with Crippen LogP contribution in [-0.2, 0) is 9.59 Å². The summed E-state index contributed by atoms with van der Waals surface area (Å²) < 4.78 is 38.7. The van der Waals surface area contributed by atoms with E-state index in [1.807, 2.05) is 13.0 Å². The summed E-state index contributed by atoms with van der Waals surface area (Å²) in [6, 6.07) is 6.21. The van der Waals surface area contributed by atoms with Crippen molar-refractivity contribution in [1.29, 1.82) is 0 Å². The van der Waals surface area contributed by atoms with E-state index in [1.54, 1.807) is 18.2 Å². The van der Waals surface area contributed by atoms with Crippen LogP contribution in [0, 0.1) is 18.8 Å². The molecular formula is C16H18F3N3O4. The third kappa shape index (κ3) is 4.87. The van der Waals surface area contributed by atoms with Gasteiger partial charge >= 0.3 is 18.2 Å². The lowest BCUT2D eigenvalue weighted by Gasteiger charge is -2.18. The van der Waals surface area contributed by atoms with E-state index in [4.69, 9.17) is 5.11 Å². The highest BCUT2D eigenvalue weighted by atomic mass is 19.4. The van der Waals surface area contributed by atoms with Gasteiger partial charge in [-0.15, -0.1) is 0 Å². The van der Waals surface area contributed by atoms with Gasteiger partial charge in [0.1, 0.15) is 0 Å². The SMILES string of the molecule is Cc1cccc(NC(=O)NCC(=O)N2C[C@@H](C(F)(F)F)[C@H](C(=O)O)C2)c1. The van der Waals surface area contributed by atoms with Crippen LogP contribution in [0.4, 0.5) is 23.7 Å². The largest absolute Gasteiger partial charge is 0.481 e. The van der Waals surface area contributed by atoms with Crippen molar-refractivity contribution in [1.82, 2.24) is 10.2 Å². The number of alkyl halides is 3. The summed E-state index contributed by atoms with van der Waals surface area (Å²) >= 11 is 0. The van der Waals surface area contributed by atoms with Gasteiger partial charge in [0, 0.05) is 18.8 Å². The van der Waals surface area contributed by atoms with Crippen molar-refractivity contribution in [2.45, 2.75) is 13.1 Å². The molecular weight excluding hydrogens is 355 g/mol. The minimum atomic E-state index is -4.71. The Balaban J connectivity index is 1.89. The number of carboxylic acid groups (broad SMARTS) is 1. The second kappa shape index (κ2) is 7.63. The summed E-state index contributed by atoms with van der Waals surface area (Å²) in [7, 11) is 0. The Morgan fingerprint density at radius 2 is 1.96 bits per heavy atom. The number of halogens is 3. The molecule has 0 aromatic heterocycles. The van der Waals surface area contributed by atoms with Crippen molar-refractivity contribution < 1.29 is 32.7 Å². The summed E-state index contributed by atoms with van der Waals surface area (Å²) in [5.41, 5.74) is 1.41. The third-order valence-electron chi connectivity index (χ3n) is 4.09. The number of likely N-dealkylation sites (tertiary alicyclic amines) is 1. The van der Waals surface area contributed by atoms with Gasteiger partial charge in [-0.2, -0.15) is 13.2 Å². The molecule has 142 valence electrons. The van der Waals surface area contributed by atoms with Gasteiger partial charge < -0.3 is 20.6 Å². The fourth-order valence-electron chi connectivity index (χ4n) is 2.76. The molecule has 3 N–H and O–H groups in total. The lowest BCUT2D eigenvalue weighted by atomic mass is 9.96. The number of hydrogen-bond acceptors (Lipinski definition) is 3. The minimum absolute atomic E-state index is 0.499. The number of benzene rings is 1. The summed E-state index contributed by atoms with van der Waals surface area (Å²) in [6.07, 6.45) is -4.71. The zero-order chi connectivity index (χ0) is 19.5. The van der Waals surface area contributed by atoms with Crippen LogP contribution in [0.25, 0.3) is 0 Å². The summed E-state index contributed by atoms with van der Waals surface area (Å²) in [6.45, 7) is 0.0183. The van der Waals surface area contributed by atoms with Crippen molar-refractivity contribution in [3.05, 3.63) is 29.8 Å². The molecule has 1 aliphatic rings. The fraction of sp³-hybridized carbons (Fsp3) is 0.438. The highest BCUT2D eigenvalue weighted by molar-refractivity contribution is 5.92. The van der Waals surface area contributed by atoms with Crippen LogP contribution in [0.1, 0.15) is 5.56 Å². The lowest BCUT2D eigenvalue weighted by Crippen LogP contribution is -2.41. The summed E-state index contributed by atoms with van der Waals surface area (Å²) in [5, 5.41) is 13.7. The van der Waals surface area contributed by atoms with Gasteiger partial charge in [0.2, 0.25) is 5.91 Å². The summed E-state index contributed by atoms with van der Waals surface area (Å²) in [5.74, 6) is -6.21. The maximum Gasteiger partial charge on any atom is 0.394 e. The average molecular weight is 373 g/mol. The number of carbonyl (C=O) groups is 3. The van der Waals surface area contributed by atoms with E-state index in [0.29, 0.717) is 5.69 Å². The standard InChI is InChI=1S/C16H18F3N3O4/c1-9-3-2-4-10(5-9)21-15(26)20-6-13(23)22-7-11(14(24)25)12(8-22)16(17,18)19/h2-5,11-12H,6-8H2,1H3,(H,24,25)(H2,20,21,26)/t11-,12-/m1/s1. The van der Waals surface area contributed by atoms with Crippen molar-refractivity contribution in [2.24, 2.45) is 11.8 Å². The first-order chi connectivity index (χ1) is 12.1. The number of aliphatic carboxylic acids is 1. The molecule has 1 heterocycles. The van der Waals surface area contributed by atoms with E-state index in [1.165, 1.54) is 0 Å². The molecule has 0 spiro atoms. The second-order valence-corrected chi connectivity index (χ2v) is 6.07. The Hall–Kier alpha value is -2.78. The molecule has 7 nitrogen and oxygen atoms in total. The number of nitrogens with one attached hydrogen (secondary N) is 2. The monoisotopic (exact) mass is 373 g/mol. The molecule has 1 aromatic rings. The van der Waals surface area contributed by atoms with Crippen molar-refractivity contribution in [3.63, 3.8) is 0 Å². The molecule has 0 radical (unpaired) electrons. The second-order valence-electron chi connectivity index (χ2n) is 6.07. The van der Waals surface area contributed by atoms with Crippen molar-refractivity contribution in [3.8, 4) is 0 Å². The highest BCUT2D eigenvalue weighted by Gasteiger charge is 2.53. The Morgan fingerprint density at radius 3 is 2.50 bits per heavy atom. The number of aryl methyl sites for hydroxylation is 1. The molecule has 0 unspecified atom stereocenters. The zero-order valence-corrected chi connectivity index (χ0v) is 13.8. The Morgan fingerprint density at radius 1 is 1.27 bits per heavy atom. The van der Waals surface area contributed by atoms with Crippen molar-refractivity contribution in [2.75, 3.05) is 25.0 Å². The number of anilines is 1.